The van der Waals surface area contributed by atoms with Crippen LogP contribution in [0, 0.1) is 11.8 Å². The van der Waals surface area contributed by atoms with Crippen LogP contribution in [0.5, 0.6) is 0 Å². The van der Waals surface area contributed by atoms with Gasteiger partial charge in [-0.15, -0.1) is 0 Å². The molecule has 5 nitrogen and oxygen atoms in total. The predicted octanol–water partition coefficient (Wildman–Crippen LogP) is 3.58. The molecule has 0 aliphatic heterocycles. The average molecular weight is 355 g/mol. The minimum Gasteiger partial charge on any atom is -0.385 e. The Morgan fingerprint density at radius 1 is 1.38 bits per heavy atom. The van der Waals surface area contributed by atoms with E-state index in [0.29, 0.717) is 31.7 Å². The van der Waals surface area contributed by atoms with Gasteiger partial charge in [0.15, 0.2) is 0 Å². The minimum atomic E-state index is -0.904. The van der Waals surface area contributed by atoms with Crippen LogP contribution < -0.4 is 4.90 Å². The quantitative estimate of drug-likeness (QED) is 0.862. The van der Waals surface area contributed by atoms with Crippen molar-refractivity contribution < 1.29 is 9.90 Å². The third-order valence-electron chi connectivity index (χ3n) is 5.22. The van der Waals surface area contributed by atoms with Crippen LogP contribution in [0.1, 0.15) is 45.6 Å². The monoisotopic (exact) mass is 355 g/mol. The van der Waals surface area contributed by atoms with Crippen LogP contribution >= 0.6 is 0 Å². The predicted molar refractivity (Wildman–Crippen MR) is 103 cm³/mol. The molecule has 1 heterocycles. The molecule has 140 valence electrons. The molecule has 0 radical (unpaired) electrons. The lowest BCUT2D eigenvalue weighted by atomic mass is 9.91. The Balaban J connectivity index is 1.79. The van der Waals surface area contributed by atoms with E-state index in [1.165, 1.54) is 0 Å². The summed E-state index contributed by atoms with van der Waals surface area (Å²) in [7, 11) is 0. The molecule has 1 aliphatic carbocycles. The van der Waals surface area contributed by atoms with Crippen molar-refractivity contribution in [3.8, 4) is 0 Å². The maximum atomic E-state index is 13.3. The third-order valence-corrected chi connectivity index (χ3v) is 5.22. The van der Waals surface area contributed by atoms with Crippen molar-refractivity contribution in [3.05, 3.63) is 48.3 Å². The summed E-state index contributed by atoms with van der Waals surface area (Å²) in [5, 5.41) is 15.4. The molecule has 1 N–H and O–H groups in total. The number of nitrogens with zero attached hydrogens (tertiary/aromatic N) is 3. The number of aliphatic hydroxyl groups is 1. The van der Waals surface area contributed by atoms with E-state index in [1.807, 2.05) is 53.0 Å². The Kier molecular flexibility index (Phi) is 5.47. The van der Waals surface area contributed by atoms with Crippen LogP contribution in [-0.2, 0) is 16.9 Å². The van der Waals surface area contributed by atoms with Crippen LogP contribution in [0.15, 0.2) is 42.7 Å². The van der Waals surface area contributed by atoms with Gasteiger partial charge in [-0.25, -0.2) is 0 Å². The number of rotatable bonds is 6. The van der Waals surface area contributed by atoms with Crippen molar-refractivity contribution in [1.29, 1.82) is 0 Å². The topological polar surface area (TPSA) is 58.4 Å². The molecule has 0 saturated heterocycles. The average Bonchev–Trinajstić information content (AvgIpc) is 3.27. The summed E-state index contributed by atoms with van der Waals surface area (Å²) in [5.41, 5.74) is 0.851. The van der Waals surface area contributed by atoms with E-state index in [9.17, 15) is 9.90 Å². The molecule has 2 aromatic rings. The smallest absolute Gasteiger partial charge is 0.230 e. The zero-order chi connectivity index (χ0) is 18.7. The second-order valence-electron chi connectivity index (χ2n) is 7.73. The number of amides is 1. The van der Waals surface area contributed by atoms with E-state index in [1.54, 1.807) is 6.20 Å². The van der Waals surface area contributed by atoms with Crippen molar-refractivity contribution in [2.24, 2.45) is 11.8 Å². The van der Waals surface area contributed by atoms with E-state index >= 15 is 0 Å². The lowest BCUT2D eigenvalue weighted by Crippen LogP contribution is -2.38. The van der Waals surface area contributed by atoms with Crippen LogP contribution in [0.2, 0.25) is 0 Å². The van der Waals surface area contributed by atoms with Gasteiger partial charge in [0.05, 0.1) is 17.5 Å². The highest BCUT2D eigenvalue weighted by atomic mass is 16.3. The van der Waals surface area contributed by atoms with Gasteiger partial charge in [0.1, 0.15) is 0 Å². The van der Waals surface area contributed by atoms with Crippen LogP contribution in [0.3, 0.4) is 0 Å². The summed E-state index contributed by atoms with van der Waals surface area (Å²) >= 11 is 0. The molecule has 2 unspecified atom stereocenters. The van der Waals surface area contributed by atoms with Gasteiger partial charge < -0.3 is 10.0 Å². The number of hydrogen-bond acceptors (Lipinski definition) is 3. The van der Waals surface area contributed by atoms with Crippen LogP contribution in [0.4, 0.5) is 5.69 Å². The molecule has 5 heteroatoms. The minimum absolute atomic E-state index is 0.0983. The molecule has 1 saturated carbocycles. The van der Waals surface area contributed by atoms with E-state index < -0.39 is 5.60 Å². The SMILES string of the molecule is CCn1cc(N(CC(C)C)C(=O)C2CCC(O)(c3ccccc3)C2)cn1. The van der Waals surface area contributed by atoms with E-state index in [2.05, 4.69) is 18.9 Å². The number of carbonyl (C=O) groups excluding carboxylic acids is 1. The molecule has 26 heavy (non-hydrogen) atoms. The molecule has 1 aromatic heterocycles. The summed E-state index contributed by atoms with van der Waals surface area (Å²) in [5.74, 6) is 0.295. The Hall–Kier alpha value is -2.14. The van der Waals surface area contributed by atoms with Gasteiger partial charge in [-0.3, -0.25) is 9.48 Å². The molecule has 2 atom stereocenters. The van der Waals surface area contributed by atoms with Crippen molar-refractivity contribution in [2.75, 3.05) is 11.4 Å². The Labute approximate surface area is 155 Å². The zero-order valence-electron chi connectivity index (χ0n) is 15.9. The van der Waals surface area contributed by atoms with Gasteiger partial charge in [-0.2, -0.15) is 5.10 Å². The van der Waals surface area contributed by atoms with Gasteiger partial charge in [0.25, 0.3) is 0 Å². The fourth-order valence-corrected chi connectivity index (χ4v) is 3.82. The first-order valence-corrected chi connectivity index (χ1v) is 9.54. The van der Waals surface area contributed by atoms with Crippen LogP contribution in [0.25, 0.3) is 0 Å². The first-order valence-electron chi connectivity index (χ1n) is 9.54. The van der Waals surface area contributed by atoms with E-state index in [-0.39, 0.29) is 11.8 Å². The maximum absolute atomic E-state index is 13.3. The largest absolute Gasteiger partial charge is 0.385 e. The molecule has 1 aromatic carbocycles. The standard InChI is InChI=1S/C21H29N3O2/c1-4-23-15-19(13-22-23)24(14-16(2)3)20(25)17-10-11-21(26,12-17)18-8-6-5-7-9-18/h5-9,13,15-17,26H,4,10-12,14H2,1-3H3. The number of aryl methyl sites for hydroxylation is 1. The van der Waals surface area contributed by atoms with Gasteiger partial charge in [-0.1, -0.05) is 44.2 Å². The second kappa shape index (κ2) is 7.62. The van der Waals surface area contributed by atoms with Gasteiger partial charge in [0, 0.05) is 25.2 Å². The molecular formula is C21H29N3O2. The summed E-state index contributed by atoms with van der Waals surface area (Å²) in [6.07, 6.45) is 5.50. The fraction of sp³-hybridized carbons (Fsp3) is 0.524. The normalized spacial score (nSPS) is 22.7. The second-order valence-corrected chi connectivity index (χ2v) is 7.73. The van der Waals surface area contributed by atoms with Crippen molar-refractivity contribution >= 4 is 11.6 Å². The number of anilines is 1. The van der Waals surface area contributed by atoms with Crippen molar-refractivity contribution in [1.82, 2.24) is 9.78 Å². The van der Waals surface area contributed by atoms with Gasteiger partial charge >= 0.3 is 0 Å². The van der Waals surface area contributed by atoms with Gasteiger partial charge in [0.2, 0.25) is 5.91 Å². The number of carbonyl (C=O) groups is 1. The summed E-state index contributed by atoms with van der Waals surface area (Å²) in [6.45, 7) is 7.69. The van der Waals surface area contributed by atoms with E-state index in [0.717, 1.165) is 17.8 Å². The summed E-state index contributed by atoms with van der Waals surface area (Å²) in [6, 6.07) is 9.72. The highest BCUT2D eigenvalue weighted by Gasteiger charge is 2.43. The number of aromatic nitrogens is 2. The van der Waals surface area contributed by atoms with Crippen molar-refractivity contribution in [2.45, 2.75) is 52.2 Å². The van der Waals surface area contributed by atoms with E-state index in [4.69, 9.17) is 0 Å². The molecular weight excluding hydrogens is 326 g/mol. The number of hydrogen-bond donors (Lipinski definition) is 1. The fourth-order valence-electron chi connectivity index (χ4n) is 3.82. The lowest BCUT2D eigenvalue weighted by molar-refractivity contribution is -0.123. The first-order chi connectivity index (χ1) is 12.4. The lowest BCUT2D eigenvalue weighted by Gasteiger charge is -2.27. The van der Waals surface area contributed by atoms with Crippen molar-refractivity contribution in [3.63, 3.8) is 0 Å². The Morgan fingerprint density at radius 2 is 2.12 bits per heavy atom. The van der Waals surface area contributed by atoms with Gasteiger partial charge in [-0.05, 0) is 37.7 Å². The zero-order valence-corrected chi connectivity index (χ0v) is 15.9. The molecule has 1 fully saturated rings. The first kappa shape index (κ1) is 18.6. The summed E-state index contributed by atoms with van der Waals surface area (Å²) in [4.78, 5) is 15.1. The molecule has 1 amide bonds. The maximum Gasteiger partial charge on any atom is 0.230 e. The third kappa shape index (κ3) is 3.83. The Bertz CT molecular complexity index is 741. The molecule has 3 rings (SSSR count). The highest BCUT2D eigenvalue weighted by Crippen LogP contribution is 2.43. The molecule has 0 bridgehead atoms. The molecule has 0 spiro atoms. The number of benzene rings is 1. The van der Waals surface area contributed by atoms with Crippen LogP contribution in [-0.4, -0.2) is 27.3 Å². The Morgan fingerprint density at radius 3 is 2.73 bits per heavy atom. The summed E-state index contributed by atoms with van der Waals surface area (Å²) < 4.78 is 1.84. The molecule has 1 aliphatic rings. The highest BCUT2D eigenvalue weighted by molar-refractivity contribution is 5.95.